The lowest BCUT2D eigenvalue weighted by Crippen LogP contribution is -2.61. The van der Waals surface area contributed by atoms with E-state index in [-0.39, 0.29) is 50.4 Å². The number of aliphatic hydroxyl groups is 4. The van der Waals surface area contributed by atoms with E-state index in [1.807, 2.05) is 27.8 Å². The maximum Gasteiger partial charge on any atom is 0.311 e. The number of ether oxygens (including phenoxy) is 8. The van der Waals surface area contributed by atoms with Gasteiger partial charge >= 0.3 is 5.97 Å². The number of carbonyl (C=O) groups excluding carboxylic acids is 2. The molecule has 0 radical (unpaired) electrons. The number of cyclic esters (lactones) is 1. The Morgan fingerprint density at radius 2 is 1.51 bits per heavy atom. The third-order valence-corrected chi connectivity index (χ3v) is 12.6. The van der Waals surface area contributed by atoms with Crippen molar-refractivity contribution in [1.82, 2.24) is 5.32 Å². The molecule has 0 aromatic heterocycles. The van der Waals surface area contributed by atoms with Gasteiger partial charge in [0.15, 0.2) is 12.6 Å². The van der Waals surface area contributed by atoms with Crippen LogP contribution in [-0.2, 0) is 47.5 Å². The molecule has 0 unspecified atom stereocenters. The van der Waals surface area contributed by atoms with Gasteiger partial charge in [0.1, 0.15) is 29.7 Å². The van der Waals surface area contributed by atoms with Gasteiger partial charge in [-0.1, -0.05) is 27.7 Å². The molecule has 0 spiro atoms. The summed E-state index contributed by atoms with van der Waals surface area (Å²) in [7, 11) is 4.87. The average Bonchev–Trinajstić information content (AvgIpc) is 3.15. The van der Waals surface area contributed by atoms with E-state index in [1.165, 1.54) is 21.1 Å². The molecule has 15 heteroatoms. The van der Waals surface area contributed by atoms with E-state index in [2.05, 4.69) is 5.32 Å². The van der Waals surface area contributed by atoms with Gasteiger partial charge in [0.2, 0.25) is 0 Å². The zero-order valence-electron chi connectivity index (χ0n) is 35.5. The van der Waals surface area contributed by atoms with Crippen molar-refractivity contribution in [3.05, 3.63) is 0 Å². The largest absolute Gasteiger partial charge is 0.459 e. The first-order valence-electron chi connectivity index (χ1n) is 20.1. The van der Waals surface area contributed by atoms with Crippen LogP contribution in [-0.4, -0.2) is 151 Å². The van der Waals surface area contributed by atoms with E-state index in [0.717, 1.165) is 0 Å². The van der Waals surface area contributed by atoms with Crippen molar-refractivity contribution < 1.29 is 67.9 Å². The van der Waals surface area contributed by atoms with Crippen molar-refractivity contribution in [2.24, 2.45) is 23.7 Å². The Morgan fingerprint density at radius 3 is 2.07 bits per heavy atom. The first-order chi connectivity index (χ1) is 25.7. The molecule has 3 fully saturated rings. The van der Waals surface area contributed by atoms with Gasteiger partial charge in [0, 0.05) is 57.6 Å². The average molecular weight is 792 g/mol. The highest BCUT2D eigenvalue weighted by Crippen LogP contribution is 2.42. The second kappa shape index (κ2) is 20.1. The summed E-state index contributed by atoms with van der Waals surface area (Å²) < 4.78 is 50.9. The minimum Gasteiger partial charge on any atom is -0.459 e. The van der Waals surface area contributed by atoms with Crippen LogP contribution in [0.1, 0.15) is 101 Å². The standard InChI is InChI=1S/C40H73NO14/c1-14-28-40(10,47)33(44)23(4)30(43)21(2)19-39(9,49-13)35(55-37-32(50-17-15-16-42)27(41-11)18-22(3)51-37)24(5)31(25(6)36(46)53-28)54-29-20-38(8,48-12)34(45)26(7)52-29/h21-29,31-35,37,41-42,44-45,47H,14-20H2,1-13H3/t21-,22-,23+,24+,25-,26+,27+,28-,29+,31+,32-,33-,34+,35-,37+,38-,39+,40-/m1/s1. The Hall–Kier alpha value is -1.34. The molecule has 3 heterocycles. The lowest BCUT2D eigenvalue weighted by molar-refractivity contribution is -0.320. The fourth-order valence-corrected chi connectivity index (χ4v) is 8.84. The molecule has 0 amide bonds. The smallest absolute Gasteiger partial charge is 0.311 e. The molecule has 0 saturated carbocycles. The lowest BCUT2D eigenvalue weighted by atomic mass is 9.74. The molecule has 3 aliphatic rings. The molecular weight excluding hydrogens is 718 g/mol. The van der Waals surface area contributed by atoms with Crippen molar-refractivity contribution in [3.63, 3.8) is 0 Å². The number of esters is 1. The summed E-state index contributed by atoms with van der Waals surface area (Å²) >= 11 is 0. The number of hydrogen-bond donors (Lipinski definition) is 5. The minimum absolute atomic E-state index is 0.0531. The van der Waals surface area contributed by atoms with Crippen LogP contribution in [0.2, 0.25) is 0 Å². The molecule has 3 saturated heterocycles. The summed E-state index contributed by atoms with van der Waals surface area (Å²) in [4.78, 5) is 28.4. The maximum atomic E-state index is 14.3. The van der Waals surface area contributed by atoms with Crippen LogP contribution in [0.5, 0.6) is 0 Å². The molecule has 18 atom stereocenters. The molecular formula is C40H73NO14. The van der Waals surface area contributed by atoms with Gasteiger partial charge in [-0.3, -0.25) is 9.59 Å². The molecule has 0 aromatic rings. The van der Waals surface area contributed by atoms with Gasteiger partial charge in [-0.05, 0) is 74.3 Å². The Labute approximate surface area is 328 Å². The van der Waals surface area contributed by atoms with Gasteiger partial charge in [0.05, 0.1) is 47.6 Å². The van der Waals surface area contributed by atoms with Crippen molar-refractivity contribution in [1.29, 1.82) is 0 Å². The summed E-state index contributed by atoms with van der Waals surface area (Å²) in [5.41, 5.74) is -4.24. The number of hydrogen-bond acceptors (Lipinski definition) is 15. The van der Waals surface area contributed by atoms with Gasteiger partial charge in [-0.15, -0.1) is 0 Å². The lowest BCUT2D eigenvalue weighted by Gasteiger charge is -2.50. The predicted octanol–water partition coefficient (Wildman–Crippen LogP) is 2.50. The van der Waals surface area contributed by atoms with Crippen molar-refractivity contribution in [2.75, 3.05) is 34.5 Å². The number of aliphatic hydroxyl groups excluding tert-OH is 3. The highest BCUT2D eigenvalue weighted by molar-refractivity contribution is 5.83. The highest BCUT2D eigenvalue weighted by Gasteiger charge is 2.54. The number of nitrogens with one attached hydrogen (secondary N) is 1. The molecule has 0 aromatic carbocycles. The zero-order chi connectivity index (χ0) is 41.6. The second-order valence-electron chi connectivity index (χ2n) is 16.9. The second-order valence-corrected chi connectivity index (χ2v) is 16.9. The van der Waals surface area contributed by atoms with Crippen LogP contribution in [0, 0.1) is 23.7 Å². The Morgan fingerprint density at radius 1 is 0.873 bits per heavy atom. The van der Waals surface area contributed by atoms with Crippen LogP contribution >= 0.6 is 0 Å². The van der Waals surface area contributed by atoms with Crippen molar-refractivity contribution >= 4 is 11.8 Å². The quantitative estimate of drug-likeness (QED) is 0.143. The number of ketones is 1. The molecule has 322 valence electrons. The van der Waals surface area contributed by atoms with Gasteiger partial charge in [-0.2, -0.15) is 0 Å². The van der Waals surface area contributed by atoms with E-state index in [4.69, 9.17) is 37.9 Å². The Kier molecular flexibility index (Phi) is 17.5. The van der Waals surface area contributed by atoms with Crippen molar-refractivity contribution in [3.8, 4) is 0 Å². The molecule has 3 aliphatic heterocycles. The zero-order valence-corrected chi connectivity index (χ0v) is 35.5. The molecule has 0 bridgehead atoms. The van der Waals surface area contributed by atoms with Crippen LogP contribution in [0.25, 0.3) is 0 Å². The molecule has 15 nitrogen and oxygen atoms in total. The predicted molar refractivity (Wildman–Crippen MR) is 202 cm³/mol. The maximum absolute atomic E-state index is 14.3. The normalized spacial score (nSPS) is 46.9. The number of methoxy groups -OCH3 is 2. The minimum atomic E-state index is -1.97. The number of rotatable bonds is 12. The molecule has 55 heavy (non-hydrogen) atoms. The van der Waals surface area contributed by atoms with Crippen molar-refractivity contribution in [2.45, 2.75) is 186 Å². The Balaban J connectivity index is 2.24. The first-order valence-corrected chi connectivity index (χ1v) is 20.1. The number of carbonyl (C=O) groups is 2. The summed E-state index contributed by atoms with van der Waals surface area (Å²) in [6.07, 6.45) is -7.59. The van der Waals surface area contributed by atoms with Gasteiger partial charge in [0.25, 0.3) is 0 Å². The fourth-order valence-electron chi connectivity index (χ4n) is 8.84. The summed E-state index contributed by atoms with van der Waals surface area (Å²) in [5.74, 6) is -4.44. The van der Waals surface area contributed by atoms with Gasteiger partial charge < -0.3 is 63.6 Å². The van der Waals surface area contributed by atoms with Crippen LogP contribution in [0.15, 0.2) is 0 Å². The fraction of sp³-hybridized carbons (Fsp3) is 0.950. The summed E-state index contributed by atoms with van der Waals surface area (Å²) in [6.45, 7) is 17.4. The first kappa shape index (κ1) is 48.0. The van der Waals surface area contributed by atoms with E-state index in [0.29, 0.717) is 12.8 Å². The van der Waals surface area contributed by atoms with Crippen LogP contribution < -0.4 is 5.32 Å². The monoisotopic (exact) mass is 792 g/mol. The van der Waals surface area contributed by atoms with E-state index in [1.54, 1.807) is 41.5 Å². The molecule has 0 aliphatic carbocycles. The van der Waals surface area contributed by atoms with Crippen LogP contribution in [0.4, 0.5) is 0 Å². The summed E-state index contributed by atoms with van der Waals surface area (Å²) in [6, 6.07) is -0.173. The van der Waals surface area contributed by atoms with Crippen LogP contribution in [0.3, 0.4) is 0 Å². The van der Waals surface area contributed by atoms with E-state index < -0.39 is 102 Å². The Bertz CT molecular complexity index is 1220. The summed E-state index contributed by atoms with van der Waals surface area (Å²) in [5, 5.41) is 47.0. The number of likely N-dealkylation sites (N-methyl/N-ethyl adjacent to an activating group) is 1. The molecule has 5 N–H and O–H groups in total. The van der Waals surface area contributed by atoms with E-state index in [9.17, 15) is 30.0 Å². The number of Topliss-reactive ketones (excluding diaryl/α,β-unsaturated/α-hetero) is 1. The highest BCUT2D eigenvalue weighted by atomic mass is 16.7. The van der Waals surface area contributed by atoms with Gasteiger partial charge in [-0.25, -0.2) is 0 Å². The third-order valence-electron chi connectivity index (χ3n) is 12.6. The molecule has 3 rings (SSSR count). The SMILES string of the molecule is CC[C@H]1OC(=O)[C@H](C)[C@@H](O[C@H]2C[C@@](C)(OC)[C@@H](O)[C@H](C)O2)[C@H](C)[C@@H](O[C@@H]2O[C@H](C)C[C@H](NC)[C@H]2OCCCO)[C@@](C)(OC)C[C@@H](C)C(=O)[C@H](C)[C@@H](O)[C@]1(C)O. The topological polar surface area (TPSA) is 201 Å². The third kappa shape index (κ3) is 10.8. The van der Waals surface area contributed by atoms with E-state index >= 15 is 0 Å².